The minimum absolute atomic E-state index is 0.244. The highest BCUT2D eigenvalue weighted by molar-refractivity contribution is 6.04. The summed E-state index contributed by atoms with van der Waals surface area (Å²) in [4.78, 5) is 27.8. The van der Waals surface area contributed by atoms with E-state index in [1.807, 2.05) is 42.5 Å². The minimum atomic E-state index is -0.244. The van der Waals surface area contributed by atoms with Crippen molar-refractivity contribution in [2.24, 2.45) is 0 Å². The summed E-state index contributed by atoms with van der Waals surface area (Å²) >= 11 is 0. The number of ether oxygens (including phenoxy) is 2. The van der Waals surface area contributed by atoms with E-state index in [9.17, 15) is 4.79 Å². The molecule has 0 spiro atoms. The summed E-state index contributed by atoms with van der Waals surface area (Å²) in [5.41, 5.74) is 4.89. The molecule has 1 saturated heterocycles. The summed E-state index contributed by atoms with van der Waals surface area (Å²) in [7, 11) is 1.53. The van der Waals surface area contributed by atoms with Gasteiger partial charge in [0.1, 0.15) is 0 Å². The fraction of sp³-hybridized carbons (Fsp3) is 0.185. The second kappa shape index (κ2) is 10.8. The smallest absolute Gasteiger partial charge is 0.257 e. The van der Waals surface area contributed by atoms with Gasteiger partial charge in [-0.05, 0) is 48.5 Å². The number of anilines is 4. The molecule has 1 amide bonds. The number of nitrogens with one attached hydrogen (secondary N) is 2. The average molecular weight is 483 g/mol. The molecule has 2 aromatic carbocycles. The number of pyridine rings is 1. The quantitative estimate of drug-likeness (QED) is 0.400. The van der Waals surface area contributed by atoms with Gasteiger partial charge in [-0.25, -0.2) is 15.0 Å². The molecular formula is C27H26N6O3. The molecule has 36 heavy (non-hydrogen) atoms. The average Bonchev–Trinajstić information content (AvgIpc) is 2.94. The van der Waals surface area contributed by atoms with Crippen LogP contribution in [0.5, 0.6) is 5.88 Å². The zero-order chi connectivity index (χ0) is 24.7. The van der Waals surface area contributed by atoms with E-state index >= 15 is 0 Å². The van der Waals surface area contributed by atoms with Gasteiger partial charge in [0.15, 0.2) is 0 Å². The van der Waals surface area contributed by atoms with Crippen molar-refractivity contribution in [3.63, 3.8) is 0 Å². The Labute approximate surface area is 209 Å². The number of carbonyl (C=O) groups is 1. The van der Waals surface area contributed by atoms with Crippen molar-refractivity contribution in [3.8, 4) is 17.1 Å². The Bertz CT molecular complexity index is 1300. The van der Waals surface area contributed by atoms with Gasteiger partial charge in [0.2, 0.25) is 11.8 Å². The van der Waals surface area contributed by atoms with Crippen LogP contribution in [0.1, 0.15) is 10.4 Å². The first-order chi connectivity index (χ1) is 17.7. The molecule has 0 saturated carbocycles. The highest BCUT2D eigenvalue weighted by Crippen LogP contribution is 2.24. The Morgan fingerprint density at radius 3 is 2.36 bits per heavy atom. The third-order valence-corrected chi connectivity index (χ3v) is 5.80. The number of methoxy groups -OCH3 is 1. The molecule has 1 fully saturated rings. The number of rotatable bonds is 7. The molecule has 0 atom stereocenters. The highest BCUT2D eigenvalue weighted by Gasteiger charge is 2.11. The molecule has 3 heterocycles. The van der Waals surface area contributed by atoms with Crippen molar-refractivity contribution in [1.82, 2.24) is 15.0 Å². The summed E-state index contributed by atoms with van der Waals surface area (Å²) in [6.45, 7) is 3.32. The normalized spacial score (nSPS) is 13.2. The van der Waals surface area contributed by atoms with E-state index < -0.39 is 0 Å². The topological polar surface area (TPSA) is 102 Å². The Hall–Kier alpha value is -4.50. The predicted octanol–water partition coefficient (Wildman–Crippen LogP) is 4.38. The van der Waals surface area contributed by atoms with Crippen molar-refractivity contribution < 1.29 is 14.3 Å². The largest absolute Gasteiger partial charge is 0.481 e. The SMILES string of the molecule is COc1ccc(C(=O)Nc2ccc(-c3ccnc(Nc4ccc(N5CCOCC5)cc4)n3)cc2)cn1. The second-order valence-corrected chi connectivity index (χ2v) is 8.16. The van der Waals surface area contributed by atoms with E-state index in [-0.39, 0.29) is 5.91 Å². The Balaban J connectivity index is 1.22. The van der Waals surface area contributed by atoms with Crippen LogP contribution in [0.15, 0.2) is 79.1 Å². The maximum atomic E-state index is 12.5. The van der Waals surface area contributed by atoms with E-state index in [1.165, 1.54) is 19.0 Å². The molecule has 0 radical (unpaired) electrons. The van der Waals surface area contributed by atoms with Gasteiger partial charge >= 0.3 is 0 Å². The predicted molar refractivity (Wildman–Crippen MR) is 139 cm³/mol. The van der Waals surface area contributed by atoms with Gasteiger partial charge < -0.3 is 25.0 Å². The van der Waals surface area contributed by atoms with Gasteiger partial charge in [0.25, 0.3) is 5.91 Å². The van der Waals surface area contributed by atoms with E-state index in [0.29, 0.717) is 23.1 Å². The zero-order valence-electron chi connectivity index (χ0n) is 19.8. The number of amides is 1. The first-order valence-corrected chi connectivity index (χ1v) is 11.6. The van der Waals surface area contributed by atoms with Crippen LogP contribution < -0.4 is 20.3 Å². The van der Waals surface area contributed by atoms with Gasteiger partial charge in [-0.3, -0.25) is 4.79 Å². The molecule has 4 aromatic rings. The van der Waals surface area contributed by atoms with Crippen LogP contribution in [0.4, 0.5) is 23.0 Å². The summed E-state index contributed by atoms with van der Waals surface area (Å²) in [5.74, 6) is 0.724. The second-order valence-electron chi connectivity index (χ2n) is 8.16. The minimum Gasteiger partial charge on any atom is -0.481 e. The lowest BCUT2D eigenvalue weighted by molar-refractivity contribution is 0.102. The fourth-order valence-electron chi connectivity index (χ4n) is 3.85. The van der Waals surface area contributed by atoms with Crippen LogP contribution in [-0.4, -0.2) is 54.3 Å². The van der Waals surface area contributed by atoms with E-state index in [2.05, 4.69) is 42.6 Å². The van der Waals surface area contributed by atoms with Gasteiger partial charge in [-0.15, -0.1) is 0 Å². The van der Waals surface area contributed by atoms with Crippen LogP contribution in [0, 0.1) is 0 Å². The number of morpholine rings is 1. The Kier molecular flexibility index (Phi) is 7.00. The summed E-state index contributed by atoms with van der Waals surface area (Å²) in [6.07, 6.45) is 3.20. The molecule has 2 N–H and O–H groups in total. The van der Waals surface area contributed by atoms with Crippen molar-refractivity contribution in [1.29, 1.82) is 0 Å². The Morgan fingerprint density at radius 1 is 0.917 bits per heavy atom. The van der Waals surface area contributed by atoms with Crippen LogP contribution in [0.2, 0.25) is 0 Å². The lowest BCUT2D eigenvalue weighted by Crippen LogP contribution is -2.36. The molecule has 182 valence electrons. The molecule has 9 heteroatoms. The number of hydrogen-bond donors (Lipinski definition) is 2. The number of nitrogens with zero attached hydrogens (tertiary/aromatic N) is 4. The molecule has 2 aromatic heterocycles. The highest BCUT2D eigenvalue weighted by atomic mass is 16.5. The first kappa shape index (κ1) is 23.3. The lowest BCUT2D eigenvalue weighted by Gasteiger charge is -2.28. The fourth-order valence-corrected chi connectivity index (χ4v) is 3.85. The van der Waals surface area contributed by atoms with E-state index in [1.54, 1.807) is 18.3 Å². The van der Waals surface area contributed by atoms with Crippen LogP contribution in [0.3, 0.4) is 0 Å². The number of benzene rings is 2. The maximum absolute atomic E-state index is 12.5. The van der Waals surface area contributed by atoms with Crippen LogP contribution in [0.25, 0.3) is 11.3 Å². The lowest BCUT2D eigenvalue weighted by atomic mass is 10.1. The van der Waals surface area contributed by atoms with Crippen LogP contribution >= 0.6 is 0 Å². The summed E-state index contributed by atoms with van der Waals surface area (Å²) in [5, 5.41) is 6.14. The number of carbonyl (C=O) groups excluding carboxylic acids is 1. The Morgan fingerprint density at radius 2 is 1.67 bits per heavy atom. The van der Waals surface area contributed by atoms with Gasteiger partial charge in [-0.1, -0.05) is 12.1 Å². The molecule has 0 aliphatic carbocycles. The van der Waals surface area contributed by atoms with E-state index in [4.69, 9.17) is 9.47 Å². The first-order valence-electron chi connectivity index (χ1n) is 11.6. The van der Waals surface area contributed by atoms with Gasteiger partial charge in [-0.2, -0.15) is 0 Å². The van der Waals surface area contributed by atoms with Crippen LogP contribution in [-0.2, 0) is 4.74 Å². The van der Waals surface area contributed by atoms with Crippen molar-refractivity contribution in [2.75, 3.05) is 48.9 Å². The summed E-state index contributed by atoms with van der Waals surface area (Å²) < 4.78 is 10.5. The zero-order valence-corrected chi connectivity index (χ0v) is 19.8. The third-order valence-electron chi connectivity index (χ3n) is 5.80. The molecule has 1 aliphatic rings. The molecule has 0 unspecified atom stereocenters. The standard InChI is InChI=1S/C27H26N6O3/c1-35-25-11-4-20(18-29-25)26(34)30-21-5-2-19(3-6-21)24-12-13-28-27(32-24)31-22-7-9-23(10-8-22)33-14-16-36-17-15-33/h2-13,18H,14-17H2,1H3,(H,30,34)(H,28,31,32). The maximum Gasteiger partial charge on any atom is 0.257 e. The number of hydrogen-bond acceptors (Lipinski definition) is 8. The van der Waals surface area contributed by atoms with Gasteiger partial charge in [0.05, 0.1) is 31.6 Å². The van der Waals surface area contributed by atoms with E-state index in [0.717, 1.165) is 43.2 Å². The summed E-state index contributed by atoms with van der Waals surface area (Å²) in [6, 6.07) is 20.9. The molecule has 0 bridgehead atoms. The monoisotopic (exact) mass is 482 g/mol. The third kappa shape index (κ3) is 5.59. The molecule has 5 rings (SSSR count). The van der Waals surface area contributed by atoms with Crippen molar-refractivity contribution in [2.45, 2.75) is 0 Å². The van der Waals surface area contributed by atoms with Crippen molar-refractivity contribution in [3.05, 3.63) is 84.7 Å². The van der Waals surface area contributed by atoms with Gasteiger partial charge in [0, 0.05) is 54.2 Å². The number of aromatic nitrogens is 3. The molecular weight excluding hydrogens is 456 g/mol. The molecule has 1 aliphatic heterocycles. The molecule has 9 nitrogen and oxygen atoms in total. The van der Waals surface area contributed by atoms with Crippen molar-refractivity contribution >= 4 is 28.9 Å².